The Bertz CT molecular complexity index is 1280. The number of benzene rings is 1. The van der Waals surface area contributed by atoms with E-state index in [0.29, 0.717) is 0 Å². The quantitative estimate of drug-likeness (QED) is 0.228. The van der Waals surface area contributed by atoms with Gasteiger partial charge >= 0.3 is 0 Å². The van der Waals surface area contributed by atoms with Crippen LogP contribution < -0.4 is 9.64 Å². The first-order valence-corrected chi connectivity index (χ1v) is 14.5. The molecule has 0 radical (unpaired) electrons. The molecule has 1 aliphatic carbocycles. The molecule has 7 nitrogen and oxygen atoms in total. The van der Waals surface area contributed by atoms with Crippen molar-refractivity contribution in [1.82, 2.24) is 9.78 Å². The van der Waals surface area contributed by atoms with Crippen molar-refractivity contribution in [2.45, 2.75) is 86.1 Å². The van der Waals surface area contributed by atoms with Gasteiger partial charge in [0, 0.05) is 23.7 Å². The minimum Gasteiger partial charge on any atom is -0.483 e. The van der Waals surface area contributed by atoms with E-state index in [9.17, 15) is 4.79 Å². The number of carboxylic acid groups (broad SMARTS) is 1. The van der Waals surface area contributed by atoms with Crippen LogP contribution in [-0.4, -0.2) is 33.3 Å². The molecule has 1 N–H and O–H groups in total. The first-order valence-electron chi connectivity index (χ1n) is 13.7. The number of ether oxygens (including phenoxy) is 1. The van der Waals surface area contributed by atoms with Crippen LogP contribution in [0, 0.1) is 19.8 Å². The van der Waals surface area contributed by atoms with Crippen molar-refractivity contribution in [3.8, 4) is 10.8 Å². The van der Waals surface area contributed by atoms with E-state index < -0.39 is 0 Å². The minimum absolute atomic E-state index is 0.0598. The van der Waals surface area contributed by atoms with Gasteiger partial charge in [0.05, 0.1) is 4.88 Å². The number of amides is 1. The molecule has 0 unspecified atom stereocenters. The lowest BCUT2D eigenvalue weighted by Gasteiger charge is -2.31. The molecule has 1 amide bonds. The van der Waals surface area contributed by atoms with E-state index in [1.807, 2.05) is 40.9 Å². The monoisotopic (exact) mass is 551 g/mol. The lowest BCUT2D eigenvalue weighted by atomic mass is 9.88. The van der Waals surface area contributed by atoms with Crippen LogP contribution in [0.25, 0.3) is 10.8 Å². The highest BCUT2D eigenvalue weighted by Crippen LogP contribution is 2.35. The molecular formula is C31H41N3O4S. The third-order valence-corrected chi connectivity index (χ3v) is 8.15. The molecule has 1 aromatic carbocycles. The molecule has 0 atom stereocenters. The van der Waals surface area contributed by atoms with Crippen LogP contribution in [0.2, 0.25) is 0 Å². The lowest BCUT2D eigenvalue weighted by Crippen LogP contribution is -2.42. The summed E-state index contributed by atoms with van der Waals surface area (Å²) in [5, 5.41) is 12.8. The van der Waals surface area contributed by atoms with E-state index in [4.69, 9.17) is 19.7 Å². The maximum absolute atomic E-state index is 13.5. The fourth-order valence-corrected chi connectivity index (χ4v) is 5.81. The van der Waals surface area contributed by atoms with E-state index in [2.05, 4.69) is 52.8 Å². The summed E-state index contributed by atoms with van der Waals surface area (Å²) in [5.41, 5.74) is 3.33. The number of aromatic nitrogens is 2. The van der Waals surface area contributed by atoms with Crippen LogP contribution in [0.5, 0.6) is 5.75 Å². The molecule has 0 aliphatic heterocycles. The third-order valence-electron chi connectivity index (χ3n) is 7.07. The van der Waals surface area contributed by atoms with Gasteiger partial charge in [-0.25, -0.2) is 4.68 Å². The lowest BCUT2D eigenvalue weighted by molar-refractivity contribution is -0.124. The average molecular weight is 552 g/mol. The first kappa shape index (κ1) is 30.2. The van der Waals surface area contributed by atoms with E-state index in [1.165, 1.54) is 12.0 Å². The van der Waals surface area contributed by atoms with Gasteiger partial charge in [-0.15, -0.1) is 16.4 Å². The Hall–Kier alpha value is -3.39. The summed E-state index contributed by atoms with van der Waals surface area (Å²) in [6.07, 6.45) is 8.45. The van der Waals surface area contributed by atoms with Crippen molar-refractivity contribution in [1.29, 1.82) is 0 Å². The van der Waals surface area contributed by atoms with Crippen LogP contribution >= 0.6 is 11.3 Å². The highest BCUT2D eigenvalue weighted by molar-refractivity contribution is 7.15. The first-order chi connectivity index (χ1) is 18.7. The van der Waals surface area contributed by atoms with Gasteiger partial charge in [0.1, 0.15) is 16.5 Å². The Morgan fingerprint density at radius 2 is 1.82 bits per heavy atom. The maximum Gasteiger partial charge on any atom is 0.290 e. The Morgan fingerprint density at radius 3 is 2.44 bits per heavy atom. The smallest absolute Gasteiger partial charge is 0.290 e. The standard InChI is InChI=1S/C30H39N3O2S.CH2O2/c1-7-21(4)28(35-25-16-12-11-13-22(25)5)26-17-18-27(36-26)32-19-23(6)29(31-32)33(20(2)3)30(34)24-14-9-8-10-15-24;2-1-3/h11-13,16-20,24H,7-10,14-15H2,1-6H3;1H,(H,2,3)/b28-21+;. The van der Waals surface area contributed by atoms with Gasteiger partial charge in [-0.3, -0.25) is 14.5 Å². The second-order valence-electron chi connectivity index (χ2n) is 10.3. The summed E-state index contributed by atoms with van der Waals surface area (Å²) in [6.45, 7) is 12.3. The number of hydrogen-bond acceptors (Lipinski definition) is 5. The topological polar surface area (TPSA) is 84.7 Å². The number of carbonyl (C=O) groups excluding carboxylic acids is 1. The van der Waals surface area contributed by atoms with Crippen LogP contribution in [0.3, 0.4) is 0 Å². The number of para-hydroxylation sites is 1. The molecule has 210 valence electrons. The molecule has 1 aliphatic rings. The highest BCUT2D eigenvalue weighted by Gasteiger charge is 2.31. The largest absolute Gasteiger partial charge is 0.483 e. The zero-order valence-electron chi connectivity index (χ0n) is 23.9. The molecule has 4 rings (SSSR count). The van der Waals surface area contributed by atoms with Crippen LogP contribution in [0.4, 0.5) is 5.82 Å². The summed E-state index contributed by atoms with van der Waals surface area (Å²) in [7, 11) is 0. The van der Waals surface area contributed by atoms with Crippen molar-refractivity contribution < 1.29 is 19.4 Å². The van der Waals surface area contributed by atoms with Gasteiger partial charge in [0.2, 0.25) is 5.91 Å². The van der Waals surface area contributed by atoms with E-state index >= 15 is 0 Å². The molecule has 8 heteroatoms. The minimum atomic E-state index is -0.250. The normalized spacial score (nSPS) is 14.3. The van der Waals surface area contributed by atoms with Gasteiger partial charge in [0.25, 0.3) is 6.47 Å². The van der Waals surface area contributed by atoms with E-state index in [-0.39, 0.29) is 24.3 Å². The Labute approximate surface area is 236 Å². The number of allylic oxidation sites excluding steroid dienone is 1. The van der Waals surface area contributed by atoms with Crippen molar-refractivity contribution in [3.63, 3.8) is 0 Å². The molecule has 1 fully saturated rings. The summed E-state index contributed by atoms with van der Waals surface area (Å²) in [4.78, 5) is 24.8. The van der Waals surface area contributed by atoms with Crippen molar-refractivity contribution in [2.24, 2.45) is 5.92 Å². The fraction of sp³-hybridized carbons (Fsp3) is 0.452. The van der Waals surface area contributed by atoms with Crippen LogP contribution in [-0.2, 0) is 9.59 Å². The van der Waals surface area contributed by atoms with Crippen molar-refractivity contribution in [2.75, 3.05) is 4.90 Å². The summed E-state index contributed by atoms with van der Waals surface area (Å²) in [6, 6.07) is 12.4. The second kappa shape index (κ2) is 14.1. The highest BCUT2D eigenvalue weighted by atomic mass is 32.1. The van der Waals surface area contributed by atoms with Gasteiger partial charge in [-0.05, 0) is 83.2 Å². The predicted octanol–water partition coefficient (Wildman–Crippen LogP) is 7.79. The predicted molar refractivity (Wildman–Crippen MR) is 159 cm³/mol. The second-order valence-corrected chi connectivity index (χ2v) is 11.4. The number of anilines is 1. The van der Waals surface area contributed by atoms with Crippen molar-refractivity contribution in [3.05, 3.63) is 64.2 Å². The number of rotatable bonds is 8. The van der Waals surface area contributed by atoms with E-state index in [0.717, 1.165) is 70.4 Å². The molecule has 0 bridgehead atoms. The van der Waals surface area contributed by atoms with Gasteiger partial charge in [-0.2, -0.15) is 0 Å². The van der Waals surface area contributed by atoms with Gasteiger partial charge < -0.3 is 9.84 Å². The Morgan fingerprint density at radius 1 is 1.15 bits per heavy atom. The number of carbonyl (C=O) groups is 2. The molecule has 0 spiro atoms. The molecule has 1 saturated carbocycles. The van der Waals surface area contributed by atoms with Crippen LogP contribution in [0.1, 0.15) is 82.2 Å². The molecular weight excluding hydrogens is 510 g/mol. The fourth-order valence-electron chi connectivity index (χ4n) is 4.81. The summed E-state index contributed by atoms with van der Waals surface area (Å²) < 4.78 is 8.35. The van der Waals surface area contributed by atoms with Crippen LogP contribution in [0.15, 0.2) is 48.2 Å². The molecule has 2 heterocycles. The van der Waals surface area contributed by atoms with Crippen molar-refractivity contribution >= 4 is 35.3 Å². The zero-order chi connectivity index (χ0) is 28.5. The molecule has 0 saturated heterocycles. The number of hydrogen-bond donors (Lipinski definition) is 1. The summed E-state index contributed by atoms with van der Waals surface area (Å²) in [5.74, 6) is 2.89. The average Bonchev–Trinajstić information content (AvgIpc) is 3.56. The number of aryl methyl sites for hydroxylation is 2. The molecule has 2 aromatic heterocycles. The number of thiophene rings is 1. The third kappa shape index (κ3) is 7.38. The van der Waals surface area contributed by atoms with E-state index in [1.54, 1.807) is 11.3 Å². The SMILES string of the molecule is CC/C(C)=C(/Oc1ccccc1C)c1ccc(-n2cc(C)c(N(C(=O)C3CCCCC3)C(C)C)n2)s1.O=CO. The Balaban J connectivity index is 0.00000134. The number of nitrogens with zero attached hydrogens (tertiary/aromatic N) is 3. The Kier molecular flexibility index (Phi) is 10.9. The van der Waals surface area contributed by atoms with Gasteiger partial charge in [0.15, 0.2) is 5.82 Å². The maximum atomic E-state index is 13.5. The molecule has 39 heavy (non-hydrogen) atoms. The zero-order valence-corrected chi connectivity index (χ0v) is 24.8. The molecule has 3 aromatic rings. The summed E-state index contributed by atoms with van der Waals surface area (Å²) >= 11 is 1.66. The van der Waals surface area contributed by atoms with Gasteiger partial charge in [-0.1, -0.05) is 44.4 Å².